The number of anilines is 1. The molecule has 3 fully saturated rings. The number of piperazine rings is 1. The second-order valence-electron chi connectivity index (χ2n) is 10.0. The van der Waals surface area contributed by atoms with Crippen molar-refractivity contribution >= 4 is 16.7 Å². The van der Waals surface area contributed by atoms with Crippen molar-refractivity contribution in [3.8, 4) is 17.1 Å². The van der Waals surface area contributed by atoms with E-state index in [0.717, 1.165) is 58.9 Å². The van der Waals surface area contributed by atoms with Gasteiger partial charge in [0.25, 0.3) is 0 Å². The Morgan fingerprint density at radius 2 is 1.91 bits per heavy atom. The van der Waals surface area contributed by atoms with Crippen LogP contribution >= 0.6 is 0 Å². The third-order valence-corrected chi connectivity index (χ3v) is 7.67. The summed E-state index contributed by atoms with van der Waals surface area (Å²) >= 11 is 0. The average molecular weight is 448 g/mol. The van der Waals surface area contributed by atoms with Crippen LogP contribution in [-0.2, 0) is 0 Å². The van der Waals surface area contributed by atoms with Gasteiger partial charge in [-0.05, 0) is 70.8 Å². The molecule has 174 valence electrons. The minimum atomic E-state index is 0.436. The van der Waals surface area contributed by atoms with Crippen LogP contribution in [0, 0.1) is 13.8 Å². The number of aromatic nitrogens is 4. The minimum absolute atomic E-state index is 0.436. The zero-order chi connectivity index (χ0) is 22.5. The lowest BCUT2D eigenvalue weighted by Gasteiger charge is -2.34. The van der Waals surface area contributed by atoms with Crippen LogP contribution in [0.3, 0.4) is 0 Å². The first kappa shape index (κ1) is 20.9. The first-order chi connectivity index (χ1) is 16.0. The highest BCUT2D eigenvalue weighted by molar-refractivity contribution is 5.93. The number of ether oxygens (including phenoxy) is 1. The smallest absolute Gasteiger partial charge is 0.319 e. The van der Waals surface area contributed by atoms with Gasteiger partial charge >= 0.3 is 6.01 Å². The zero-order valence-corrected chi connectivity index (χ0v) is 19.8. The molecule has 8 nitrogen and oxygen atoms in total. The normalized spacial score (nSPS) is 25.3. The number of nitrogens with zero attached hydrogens (tertiary/aromatic N) is 5. The van der Waals surface area contributed by atoms with Gasteiger partial charge in [0.15, 0.2) is 0 Å². The second-order valence-corrected chi connectivity index (χ2v) is 10.0. The average Bonchev–Trinajstić information content (AvgIpc) is 3.49. The van der Waals surface area contributed by atoms with Gasteiger partial charge in [0, 0.05) is 47.9 Å². The van der Waals surface area contributed by atoms with Crippen molar-refractivity contribution in [3.05, 3.63) is 29.6 Å². The number of nitrogens with one attached hydrogen (secondary N) is 2. The number of rotatable bonds is 5. The molecular weight excluding hydrogens is 414 g/mol. The summed E-state index contributed by atoms with van der Waals surface area (Å²) in [5, 5.41) is 12.3. The highest BCUT2D eigenvalue weighted by Crippen LogP contribution is 2.34. The molecule has 3 aliphatic heterocycles. The Hall–Kier alpha value is -2.71. The fraction of sp³-hybridized carbons (Fsp3) is 0.560. The summed E-state index contributed by atoms with van der Waals surface area (Å²) in [6.07, 6.45) is 4.88. The highest BCUT2D eigenvalue weighted by atomic mass is 16.5. The molecule has 2 aromatic heterocycles. The third kappa shape index (κ3) is 3.85. The SMILES string of the molecule is Cc1n[nH]c(C)c1-c1ccc2c(N3C[C@H]4CC[C@@H](C3)N4)nc(OC[C@@H]3CCCN3C)nc2c1. The molecule has 0 spiro atoms. The van der Waals surface area contributed by atoms with Crippen molar-refractivity contribution in [2.75, 3.05) is 38.2 Å². The molecule has 3 saturated heterocycles. The first-order valence-electron chi connectivity index (χ1n) is 12.2. The van der Waals surface area contributed by atoms with E-state index in [9.17, 15) is 0 Å². The molecule has 3 atom stereocenters. The van der Waals surface area contributed by atoms with Gasteiger partial charge in [0.1, 0.15) is 12.4 Å². The molecule has 3 aromatic rings. The van der Waals surface area contributed by atoms with E-state index in [1.165, 1.54) is 25.7 Å². The number of likely N-dealkylation sites (N-methyl/N-ethyl adjacent to an activating group) is 1. The van der Waals surface area contributed by atoms with E-state index in [1.54, 1.807) is 0 Å². The third-order valence-electron chi connectivity index (χ3n) is 7.67. The summed E-state index contributed by atoms with van der Waals surface area (Å²) in [6.45, 7) is 7.83. The fourth-order valence-corrected chi connectivity index (χ4v) is 5.86. The van der Waals surface area contributed by atoms with E-state index in [1.807, 2.05) is 6.92 Å². The van der Waals surface area contributed by atoms with E-state index >= 15 is 0 Å². The van der Waals surface area contributed by atoms with Crippen molar-refractivity contribution in [2.24, 2.45) is 0 Å². The zero-order valence-electron chi connectivity index (χ0n) is 19.8. The van der Waals surface area contributed by atoms with Crippen molar-refractivity contribution in [2.45, 2.75) is 57.7 Å². The minimum Gasteiger partial charge on any atom is -0.462 e. The molecule has 0 saturated carbocycles. The molecule has 2 N–H and O–H groups in total. The lowest BCUT2D eigenvalue weighted by molar-refractivity contribution is 0.188. The van der Waals surface area contributed by atoms with Gasteiger partial charge in [-0.15, -0.1) is 0 Å². The van der Waals surface area contributed by atoms with Crippen LogP contribution in [0.5, 0.6) is 6.01 Å². The van der Waals surface area contributed by atoms with Crippen LogP contribution in [-0.4, -0.2) is 76.5 Å². The number of aryl methyl sites for hydroxylation is 2. The molecule has 8 heteroatoms. The largest absolute Gasteiger partial charge is 0.462 e. The van der Waals surface area contributed by atoms with Crippen LogP contribution in [0.25, 0.3) is 22.0 Å². The van der Waals surface area contributed by atoms with E-state index in [4.69, 9.17) is 14.7 Å². The van der Waals surface area contributed by atoms with E-state index in [2.05, 4.69) is 57.5 Å². The predicted molar refractivity (Wildman–Crippen MR) is 130 cm³/mol. The van der Waals surface area contributed by atoms with Crippen molar-refractivity contribution < 1.29 is 4.74 Å². The van der Waals surface area contributed by atoms with E-state index < -0.39 is 0 Å². The van der Waals surface area contributed by atoms with E-state index in [-0.39, 0.29) is 0 Å². The van der Waals surface area contributed by atoms with Gasteiger partial charge in [-0.25, -0.2) is 0 Å². The van der Waals surface area contributed by atoms with Crippen LogP contribution < -0.4 is 15.0 Å². The summed E-state index contributed by atoms with van der Waals surface area (Å²) in [6, 6.07) is 8.51. The maximum absolute atomic E-state index is 6.22. The predicted octanol–water partition coefficient (Wildman–Crippen LogP) is 3.05. The van der Waals surface area contributed by atoms with Crippen molar-refractivity contribution in [3.63, 3.8) is 0 Å². The van der Waals surface area contributed by atoms with Crippen LogP contribution in [0.4, 0.5) is 5.82 Å². The lowest BCUT2D eigenvalue weighted by Crippen LogP contribution is -2.51. The lowest BCUT2D eigenvalue weighted by atomic mass is 10.0. The van der Waals surface area contributed by atoms with Gasteiger partial charge in [-0.3, -0.25) is 5.10 Å². The standard InChI is InChI=1S/C25H33N7O/c1-15-23(16(2)30-29-15)17-6-9-21-22(11-17)27-25(33-14-20-5-4-10-31(20)3)28-24(21)32-12-18-7-8-19(13-32)26-18/h6,9,11,18-20,26H,4-5,7-8,10,12-14H2,1-3H3,(H,29,30)/t18-,19+,20-/m0/s1. The molecule has 5 heterocycles. The molecular formula is C25H33N7O. The Labute approximate surface area is 194 Å². The Kier molecular flexibility index (Phi) is 5.22. The number of H-pyrrole nitrogens is 1. The number of hydrogen-bond acceptors (Lipinski definition) is 7. The number of aromatic amines is 1. The van der Waals surface area contributed by atoms with Gasteiger partial charge < -0.3 is 19.9 Å². The molecule has 1 aromatic carbocycles. The number of hydrogen-bond donors (Lipinski definition) is 2. The number of benzene rings is 1. The quantitative estimate of drug-likeness (QED) is 0.622. The fourth-order valence-electron chi connectivity index (χ4n) is 5.86. The first-order valence-corrected chi connectivity index (χ1v) is 12.2. The van der Waals surface area contributed by atoms with Crippen LogP contribution in [0.15, 0.2) is 18.2 Å². The maximum Gasteiger partial charge on any atom is 0.319 e. The summed E-state index contributed by atoms with van der Waals surface area (Å²) in [4.78, 5) is 14.6. The molecule has 0 unspecified atom stereocenters. The van der Waals surface area contributed by atoms with Gasteiger partial charge in [0.2, 0.25) is 0 Å². The van der Waals surface area contributed by atoms with Crippen LogP contribution in [0.1, 0.15) is 37.1 Å². The van der Waals surface area contributed by atoms with Gasteiger partial charge in [0.05, 0.1) is 11.2 Å². The molecule has 0 aliphatic carbocycles. The van der Waals surface area contributed by atoms with Crippen molar-refractivity contribution in [1.82, 2.24) is 30.4 Å². The molecule has 33 heavy (non-hydrogen) atoms. The molecule has 6 rings (SSSR count). The summed E-state index contributed by atoms with van der Waals surface area (Å²) in [5.41, 5.74) is 5.27. The Balaban J connectivity index is 1.40. The van der Waals surface area contributed by atoms with Crippen molar-refractivity contribution in [1.29, 1.82) is 0 Å². The number of likely N-dealkylation sites (tertiary alicyclic amines) is 1. The van der Waals surface area contributed by atoms with Gasteiger partial charge in [-0.1, -0.05) is 6.07 Å². The summed E-state index contributed by atoms with van der Waals surface area (Å²) in [5.74, 6) is 1.00. The molecule has 3 aliphatic rings. The Morgan fingerprint density at radius 3 is 2.61 bits per heavy atom. The van der Waals surface area contributed by atoms with Gasteiger partial charge in [-0.2, -0.15) is 15.1 Å². The van der Waals surface area contributed by atoms with E-state index in [0.29, 0.717) is 30.7 Å². The molecule has 2 bridgehead atoms. The monoisotopic (exact) mass is 447 g/mol. The summed E-state index contributed by atoms with van der Waals surface area (Å²) < 4.78 is 6.22. The second kappa shape index (κ2) is 8.25. The Bertz CT molecular complexity index is 1140. The number of fused-ring (bicyclic) bond motifs is 3. The highest BCUT2D eigenvalue weighted by Gasteiger charge is 2.34. The molecule has 0 radical (unpaired) electrons. The topological polar surface area (TPSA) is 82.2 Å². The summed E-state index contributed by atoms with van der Waals surface area (Å²) in [7, 11) is 2.17. The maximum atomic E-state index is 6.22. The Morgan fingerprint density at radius 1 is 1.09 bits per heavy atom. The molecule has 0 amide bonds. The van der Waals surface area contributed by atoms with Crippen LogP contribution in [0.2, 0.25) is 0 Å².